The molecule has 1 aliphatic rings. The first-order valence-electron chi connectivity index (χ1n) is 6.52. The molecule has 0 aromatic heterocycles. The topological polar surface area (TPSA) is 44.5 Å². The minimum atomic E-state index is -0.230. The van der Waals surface area contributed by atoms with Crippen molar-refractivity contribution in [2.75, 3.05) is 13.7 Å². The van der Waals surface area contributed by atoms with E-state index in [0.717, 1.165) is 36.3 Å². The van der Waals surface area contributed by atoms with Crippen LogP contribution in [0.3, 0.4) is 0 Å². The number of nitrogens with two attached hydrogens (primary N) is 1. The van der Waals surface area contributed by atoms with Crippen LogP contribution in [0.25, 0.3) is 0 Å². The highest BCUT2D eigenvalue weighted by atomic mass is 16.5. The van der Waals surface area contributed by atoms with Crippen LogP contribution in [0.5, 0.6) is 5.75 Å². The van der Waals surface area contributed by atoms with E-state index in [0.29, 0.717) is 0 Å². The molecule has 1 aliphatic heterocycles. The second kappa shape index (κ2) is 4.90. The Kier molecular flexibility index (Phi) is 3.64. The van der Waals surface area contributed by atoms with E-state index in [2.05, 4.69) is 26.0 Å². The lowest BCUT2D eigenvalue weighted by Crippen LogP contribution is -2.38. The summed E-state index contributed by atoms with van der Waals surface area (Å²) in [7, 11) is 1.70. The lowest BCUT2D eigenvalue weighted by Gasteiger charge is -2.32. The molecule has 100 valence electrons. The van der Waals surface area contributed by atoms with Crippen molar-refractivity contribution in [3.63, 3.8) is 0 Å². The van der Waals surface area contributed by atoms with Gasteiger partial charge in [0.15, 0.2) is 0 Å². The Labute approximate surface area is 109 Å². The van der Waals surface area contributed by atoms with Gasteiger partial charge in [-0.1, -0.05) is 6.07 Å². The quantitative estimate of drug-likeness (QED) is 0.896. The molecule has 18 heavy (non-hydrogen) atoms. The average Bonchev–Trinajstić information content (AvgIpc) is 2.79. The molecule has 1 heterocycles. The smallest absolute Gasteiger partial charge is 0.122 e. The van der Waals surface area contributed by atoms with Crippen LogP contribution < -0.4 is 10.5 Å². The van der Waals surface area contributed by atoms with E-state index >= 15 is 0 Å². The Morgan fingerprint density at radius 3 is 2.61 bits per heavy atom. The molecule has 0 radical (unpaired) electrons. The molecule has 0 saturated carbocycles. The lowest BCUT2D eigenvalue weighted by molar-refractivity contribution is -0.00191. The maximum absolute atomic E-state index is 6.43. The van der Waals surface area contributed by atoms with E-state index in [-0.39, 0.29) is 11.6 Å². The van der Waals surface area contributed by atoms with Gasteiger partial charge in [0.25, 0.3) is 0 Å². The number of aryl methyl sites for hydroxylation is 2. The van der Waals surface area contributed by atoms with Crippen molar-refractivity contribution in [1.82, 2.24) is 0 Å². The van der Waals surface area contributed by atoms with Gasteiger partial charge in [-0.2, -0.15) is 0 Å². The van der Waals surface area contributed by atoms with E-state index in [9.17, 15) is 0 Å². The SMILES string of the molecule is COc1cc(C)c(C(N)C2(C)CCCO2)cc1C. The zero-order valence-electron chi connectivity index (χ0n) is 11.7. The van der Waals surface area contributed by atoms with Crippen LogP contribution >= 0.6 is 0 Å². The summed E-state index contributed by atoms with van der Waals surface area (Å²) in [6.45, 7) is 7.06. The third-order valence-electron chi connectivity index (χ3n) is 4.03. The van der Waals surface area contributed by atoms with Crippen LogP contribution in [0.2, 0.25) is 0 Å². The number of rotatable bonds is 3. The van der Waals surface area contributed by atoms with E-state index in [1.807, 2.05) is 6.92 Å². The molecule has 0 bridgehead atoms. The fraction of sp³-hybridized carbons (Fsp3) is 0.600. The van der Waals surface area contributed by atoms with E-state index in [4.69, 9.17) is 15.2 Å². The fourth-order valence-corrected chi connectivity index (χ4v) is 2.74. The Hall–Kier alpha value is -1.06. The summed E-state index contributed by atoms with van der Waals surface area (Å²) in [5.41, 5.74) is 9.65. The van der Waals surface area contributed by atoms with Crippen LogP contribution in [0.4, 0.5) is 0 Å². The molecule has 0 aliphatic carbocycles. The summed E-state index contributed by atoms with van der Waals surface area (Å²) < 4.78 is 11.2. The Bertz CT molecular complexity index is 436. The van der Waals surface area contributed by atoms with Gasteiger partial charge >= 0.3 is 0 Å². The summed E-state index contributed by atoms with van der Waals surface area (Å²) in [5, 5.41) is 0. The molecule has 2 unspecified atom stereocenters. The average molecular weight is 249 g/mol. The second-order valence-electron chi connectivity index (χ2n) is 5.42. The molecule has 1 aromatic carbocycles. The largest absolute Gasteiger partial charge is 0.496 e. The highest BCUT2D eigenvalue weighted by Crippen LogP contribution is 2.38. The van der Waals surface area contributed by atoms with Gasteiger partial charge < -0.3 is 15.2 Å². The number of hydrogen-bond acceptors (Lipinski definition) is 3. The number of methoxy groups -OCH3 is 1. The first-order valence-corrected chi connectivity index (χ1v) is 6.52. The number of ether oxygens (including phenoxy) is 2. The highest BCUT2D eigenvalue weighted by Gasteiger charge is 2.37. The van der Waals surface area contributed by atoms with Gasteiger partial charge in [0.05, 0.1) is 18.8 Å². The van der Waals surface area contributed by atoms with Crippen molar-refractivity contribution in [1.29, 1.82) is 0 Å². The molecular weight excluding hydrogens is 226 g/mol. The van der Waals surface area contributed by atoms with Gasteiger partial charge in [-0.25, -0.2) is 0 Å². The predicted molar refractivity (Wildman–Crippen MR) is 73.0 cm³/mol. The van der Waals surface area contributed by atoms with E-state index in [1.165, 1.54) is 5.56 Å². The molecule has 3 nitrogen and oxygen atoms in total. The van der Waals surface area contributed by atoms with Crippen LogP contribution in [0.1, 0.15) is 42.5 Å². The van der Waals surface area contributed by atoms with Crippen LogP contribution in [0, 0.1) is 13.8 Å². The molecule has 0 spiro atoms. The van der Waals surface area contributed by atoms with Crippen molar-refractivity contribution in [2.24, 2.45) is 5.73 Å². The molecule has 2 atom stereocenters. The van der Waals surface area contributed by atoms with Gasteiger partial charge in [0.2, 0.25) is 0 Å². The summed E-state index contributed by atoms with van der Waals surface area (Å²) in [6.07, 6.45) is 2.12. The molecule has 3 heteroatoms. The zero-order chi connectivity index (χ0) is 13.3. The van der Waals surface area contributed by atoms with Crippen molar-refractivity contribution in [3.05, 3.63) is 28.8 Å². The lowest BCUT2D eigenvalue weighted by atomic mass is 9.85. The molecule has 1 saturated heterocycles. The Balaban J connectivity index is 2.36. The van der Waals surface area contributed by atoms with Gasteiger partial charge in [-0.3, -0.25) is 0 Å². The van der Waals surface area contributed by atoms with E-state index < -0.39 is 0 Å². The first-order chi connectivity index (χ1) is 8.48. The Morgan fingerprint density at radius 2 is 2.06 bits per heavy atom. The first kappa shape index (κ1) is 13.4. The molecule has 0 amide bonds. The van der Waals surface area contributed by atoms with Crippen molar-refractivity contribution >= 4 is 0 Å². The minimum absolute atomic E-state index is 0.0791. The monoisotopic (exact) mass is 249 g/mol. The maximum Gasteiger partial charge on any atom is 0.122 e. The van der Waals surface area contributed by atoms with Gasteiger partial charge in [-0.05, 0) is 56.4 Å². The maximum atomic E-state index is 6.43. The van der Waals surface area contributed by atoms with Crippen molar-refractivity contribution < 1.29 is 9.47 Å². The predicted octanol–water partition coefficient (Wildman–Crippen LogP) is 2.88. The normalized spacial score (nSPS) is 25.2. The zero-order valence-corrected chi connectivity index (χ0v) is 11.7. The third-order valence-corrected chi connectivity index (χ3v) is 4.03. The van der Waals surface area contributed by atoms with Crippen molar-refractivity contribution in [2.45, 2.75) is 45.3 Å². The summed E-state index contributed by atoms with van der Waals surface area (Å²) in [4.78, 5) is 0. The molecular formula is C15H23NO2. The van der Waals surface area contributed by atoms with E-state index in [1.54, 1.807) is 7.11 Å². The van der Waals surface area contributed by atoms with Gasteiger partial charge in [0.1, 0.15) is 5.75 Å². The van der Waals surface area contributed by atoms with Gasteiger partial charge in [0, 0.05) is 6.61 Å². The Morgan fingerprint density at radius 1 is 1.33 bits per heavy atom. The highest BCUT2D eigenvalue weighted by molar-refractivity contribution is 5.43. The molecule has 1 aromatic rings. The fourth-order valence-electron chi connectivity index (χ4n) is 2.74. The summed E-state index contributed by atoms with van der Waals surface area (Å²) in [6, 6.07) is 4.11. The van der Waals surface area contributed by atoms with Crippen LogP contribution in [0.15, 0.2) is 12.1 Å². The second-order valence-corrected chi connectivity index (χ2v) is 5.42. The van der Waals surface area contributed by atoms with Crippen LogP contribution in [-0.4, -0.2) is 19.3 Å². The number of benzene rings is 1. The third kappa shape index (κ3) is 2.25. The minimum Gasteiger partial charge on any atom is -0.496 e. The number of hydrogen-bond donors (Lipinski definition) is 1. The van der Waals surface area contributed by atoms with Crippen molar-refractivity contribution in [3.8, 4) is 5.75 Å². The summed E-state index contributed by atoms with van der Waals surface area (Å²) in [5.74, 6) is 0.918. The van der Waals surface area contributed by atoms with Crippen LogP contribution in [-0.2, 0) is 4.74 Å². The van der Waals surface area contributed by atoms with Gasteiger partial charge in [-0.15, -0.1) is 0 Å². The molecule has 2 N–H and O–H groups in total. The summed E-state index contributed by atoms with van der Waals surface area (Å²) >= 11 is 0. The molecule has 1 fully saturated rings. The standard InChI is InChI=1S/C15H23NO2/c1-10-9-13(17-4)11(2)8-12(10)14(16)15(3)6-5-7-18-15/h8-9,14H,5-7,16H2,1-4H3. The molecule has 2 rings (SSSR count).